The van der Waals surface area contributed by atoms with Crippen LogP contribution in [0, 0.1) is 0 Å². The number of benzene rings is 1. The van der Waals surface area contributed by atoms with Gasteiger partial charge in [0.1, 0.15) is 5.60 Å². The SMILES string of the molecule is CC(C)(C)OC(=O)N1CCN(c2ccc(NCC(O)CCl)cc2)CC1. The first-order chi connectivity index (χ1) is 11.8. The standard InChI is InChI=1S/C18H28ClN3O3/c1-18(2,3)25-17(24)22-10-8-21(9-11-22)15-6-4-14(5-7-15)20-13-16(23)12-19/h4-7,16,20,23H,8-13H2,1-3H3. The van der Waals surface area contributed by atoms with Crippen LogP contribution in [0.2, 0.25) is 0 Å². The van der Waals surface area contributed by atoms with Crippen molar-refractivity contribution in [1.82, 2.24) is 4.90 Å². The molecule has 1 saturated heterocycles. The molecule has 1 fully saturated rings. The maximum Gasteiger partial charge on any atom is 0.410 e. The number of anilines is 2. The number of hydrogen-bond donors (Lipinski definition) is 2. The molecule has 0 radical (unpaired) electrons. The fraction of sp³-hybridized carbons (Fsp3) is 0.611. The minimum Gasteiger partial charge on any atom is -0.444 e. The molecule has 6 nitrogen and oxygen atoms in total. The molecule has 0 bridgehead atoms. The lowest BCUT2D eigenvalue weighted by molar-refractivity contribution is 0.0240. The first kappa shape index (κ1) is 19.7. The van der Waals surface area contributed by atoms with Crippen molar-refractivity contribution >= 4 is 29.1 Å². The van der Waals surface area contributed by atoms with Crippen LogP contribution in [0.1, 0.15) is 20.8 Å². The molecule has 140 valence electrons. The second kappa shape index (κ2) is 8.63. The zero-order valence-electron chi connectivity index (χ0n) is 15.2. The van der Waals surface area contributed by atoms with Gasteiger partial charge in [0.05, 0.1) is 12.0 Å². The van der Waals surface area contributed by atoms with Crippen molar-refractivity contribution in [2.24, 2.45) is 0 Å². The van der Waals surface area contributed by atoms with Gasteiger partial charge in [-0.15, -0.1) is 11.6 Å². The van der Waals surface area contributed by atoms with Gasteiger partial charge in [0, 0.05) is 44.1 Å². The first-order valence-electron chi connectivity index (χ1n) is 8.59. The summed E-state index contributed by atoms with van der Waals surface area (Å²) in [5.41, 5.74) is 1.60. The van der Waals surface area contributed by atoms with E-state index in [1.54, 1.807) is 4.90 Å². The lowest BCUT2D eigenvalue weighted by Gasteiger charge is -2.36. The van der Waals surface area contributed by atoms with E-state index < -0.39 is 11.7 Å². The third-order valence-corrected chi connectivity index (χ3v) is 4.24. The maximum absolute atomic E-state index is 12.1. The molecule has 1 aromatic rings. The van der Waals surface area contributed by atoms with Gasteiger partial charge >= 0.3 is 6.09 Å². The largest absolute Gasteiger partial charge is 0.444 e. The summed E-state index contributed by atoms with van der Waals surface area (Å²) in [4.78, 5) is 16.1. The predicted molar refractivity (Wildman–Crippen MR) is 102 cm³/mol. The highest BCUT2D eigenvalue weighted by molar-refractivity contribution is 6.18. The number of amides is 1. The Labute approximate surface area is 154 Å². The van der Waals surface area contributed by atoms with Crippen LogP contribution in [0.25, 0.3) is 0 Å². The molecule has 2 rings (SSSR count). The summed E-state index contributed by atoms with van der Waals surface area (Å²) in [5, 5.41) is 12.6. The molecule has 0 saturated carbocycles. The summed E-state index contributed by atoms with van der Waals surface area (Å²) < 4.78 is 5.42. The molecule has 1 atom stereocenters. The Hall–Kier alpha value is -1.66. The number of aliphatic hydroxyl groups excluding tert-OH is 1. The number of nitrogens with one attached hydrogen (secondary N) is 1. The number of rotatable bonds is 5. The molecule has 1 heterocycles. The molecular formula is C18H28ClN3O3. The number of nitrogens with zero attached hydrogens (tertiary/aromatic N) is 2. The summed E-state index contributed by atoms with van der Waals surface area (Å²) in [7, 11) is 0. The van der Waals surface area contributed by atoms with Crippen LogP contribution >= 0.6 is 11.6 Å². The summed E-state index contributed by atoms with van der Waals surface area (Å²) in [6.07, 6.45) is -0.799. The number of halogens is 1. The van der Waals surface area contributed by atoms with Gasteiger partial charge in [0.2, 0.25) is 0 Å². The Bertz CT molecular complexity index is 552. The van der Waals surface area contributed by atoms with E-state index >= 15 is 0 Å². The molecule has 1 unspecified atom stereocenters. The third kappa shape index (κ3) is 6.29. The van der Waals surface area contributed by atoms with Gasteiger partial charge in [0.15, 0.2) is 0 Å². The predicted octanol–water partition coefficient (Wildman–Crippen LogP) is 2.76. The van der Waals surface area contributed by atoms with E-state index in [0.29, 0.717) is 19.6 Å². The van der Waals surface area contributed by atoms with Crippen molar-refractivity contribution in [2.45, 2.75) is 32.5 Å². The van der Waals surface area contributed by atoms with Crippen LogP contribution in [0.5, 0.6) is 0 Å². The fourth-order valence-electron chi connectivity index (χ4n) is 2.55. The van der Waals surface area contributed by atoms with Gasteiger partial charge in [-0.05, 0) is 45.0 Å². The highest BCUT2D eigenvalue weighted by atomic mass is 35.5. The average Bonchev–Trinajstić information content (AvgIpc) is 2.59. The lowest BCUT2D eigenvalue weighted by Crippen LogP contribution is -2.50. The van der Waals surface area contributed by atoms with E-state index in [0.717, 1.165) is 24.5 Å². The molecule has 0 aliphatic carbocycles. The molecule has 1 aromatic carbocycles. The molecule has 0 aromatic heterocycles. The van der Waals surface area contributed by atoms with Gasteiger partial charge in [-0.1, -0.05) is 0 Å². The minimum atomic E-state index is -0.553. The van der Waals surface area contributed by atoms with Gasteiger partial charge in [-0.3, -0.25) is 0 Å². The summed E-state index contributed by atoms with van der Waals surface area (Å²) in [6, 6.07) is 8.05. The summed E-state index contributed by atoms with van der Waals surface area (Å²) in [6.45, 7) is 8.91. The lowest BCUT2D eigenvalue weighted by atomic mass is 10.2. The van der Waals surface area contributed by atoms with Crippen LogP contribution in [0.4, 0.5) is 16.2 Å². The Kier molecular flexibility index (Phi) is 6.79. The molecule has 2 N–H and O–H groups in total. The second-order valence-electron chi connectivity index (χ2n) is 7.19. The maximum atomic E-state index is 12.1. The molecule has 1 amide bonds. The Morgan fingerprint density at radius 3 is 2.36 bits per heavy atom. The van der Waals surface area contributed by atoms with Gasteiger partial charge in [0.25, 0.3) is 0 Å². The van der Waals surface area contributed by atoms with Gasteiger partial charge < -0.3 is 25.0 Å². The quantitative estimate of drug-likeness (QED) is 0.781. The zero-order valence-corrected chi connectivity index (χ0v) is 15.9. The molecule has 7 heteroatoms. The van der Waals surface area contributed by atoms with E-state index in [4.69, 9.17) is 16.3 Å². The van der Waals surface area contributed by atoms with Crippen molar-refractivity contribution in [3.05, 3.63) is 24.3 Å². The van der Waals surface area contributed by atoms with Crippen LogP contribution < -0.4 is 10.2 Å². The monoisotopic (exact) mass is 369 g/mol. The molecule has 1 aliphatic heterocycles. The molecule has 25 heavy (non-hydrogen) atoms. The number of hydrogen-bond acceptors (Lipinski definition) is 5. The van der Waals surface area contributed by atoms with Gasteiger partial charge in [-0.2, -0.15) is 0 Å². The highest BCUT2D eigenvalue weighted by Crippen LogP contribution is 2.20. The number of piperazine rings is 1. The number of ether oxygens (including phenoxy) is 1. The second-order valence-corrected chi connectivity index (χ2v) is 7.50. The zero-order chi connectivity index (χ0) is 18.4. The van der Waals surface area contributed by atoms with Crippen molar-refractivity contribution in [1.29, 1.82) is 0 Å². The van der Waals surface area contributed by atoms with Crippen molar-refractivity contribution in [3.63, 3.8) is 0 Å². The van der Waals surface area contributed by atoms with E-state index in [9.17, 15) is 9.90 Å². The Morgan fingerprint density at radius 2 is 1.84 bits per heavy atom. The number of carbonyl (C=O) groups is 1. The van der Waals surface area contributed by atoms with Crippen LogP contribution in [0.15, 0.2) is 24.3 Å². The smallest absolute Gasteiger partial charge is 0.410 e. The number of aliphatic hydroxyl groups is 1. The Morgan fingerprint density at radius 1 is 1.24 bits per heavy atom. The van der Waals surface area contributed by atoms with E-state index in [1.807, 2.05) is 45.0 Å². The molecular weight excluding hydrogens is 342 g/mol. The van der Waals surface area contributed by atoms with E-state index in [2.05, 4.69) is 10.2 Å². The molecule has 1 aliphatic rings. The molecule has 0 spiro atoms. The third-order valence-electron chi connectivity index (χ3n) is 3.88. The van der Waals surface area contributed by atoms with Crippen LogP contribution in [0.3, 0.4) is 0 Å². The highest BCUT2D eigenvalue weighted by Gasteiger charge is 2.25. The van der Waals surface area contributed by atoms with Crippen molar-refractivity contribution in [2.75, 3.05) is 48.8 Å². The van der Waals surface area contributed by atoms with E-state index in [1.165, 1.54) is 0 Å². The van der Waals surface area contributed by atoms with E-state index in [-0.39, 0.29) is 12.0 Å². The topological polar surface area (TPSA) is 65.0 Å². The minimum absolute atomic E-state index is 0.215. The fourth-order valence-corrected chi connectivity index (χ4v) is 2.66. The van der Waals surface area contributed by atoms with Crippen LogP contribution in [-0.2, 0) is 4.74 Å². The Balaban J connectivity index is 1.83. The van der Waals surface area contributed by atoms with Crippen LogP contribution in [-0.4, -0.2) is 66.4 Å². The first-order valence-corrected chi connectivity index (χ1v) is 9.13. The normalized spacial score (nSPS) is 16.5. The summed E-state index contributed by atoms with van der Waals surface area (Å²) >= 11 is 5.58. The summed E-state index contributed by atoms with van der Waals surface area (Å²) in [5.74, 6) is 0.215. The average molecular weight is 370 g/mol. The van der Waals surface area contributed by atoms with Crippen molar-refractivity contribution in [3.8, 4) is 0 Å². The number of carbonyl (C=O) groups excluding carboxylic acids is 1. The van der Waals surface area contributed by atoms with Crippen molar-refractivity contribution < 1.29 is 14.6 Å². The van der Waals surface area contributed by atoms with Gasteiger partial charge in [-0.25, -0.2) is 4.79 Å². The number of alkyl halides is 1.